The zero-order chi connectivity index (χ0) is 16.0. The number of nitrogens with zero attached hydrogens (tertiary/aromatic N) is 2. The number of hydrogen-bond donors (Lipinski definition) is 1. The van der Waals surface area contributed by atoms with E-state index in [9.17, 15) is 21.9 Å². The van der Waals surface area contributed by atoms with E-state index in [1.165, 1.54) is 0 Å². The first kappa shape index (κ1) is 15.8. The monoisotopic (exact) mass is 367 g/mol. The summed E-state index contributed by atoms with van der Waals surface area (Å²) in [5, 5.41) is 18.4. The number of phenols is 1. The Morgan fingerprint density at radius 3 is 2.10 bits per heavy atom. The molecule has 0 spiro atoms. The Morgan fingerprint density at radius 2 is 1.62 bits per heavy atom. The zero-order valence-corrected chi connectivity index (χ0v) is 13.0. The largest absolute Gasteiger partial charge is 0.501 e. The molecule has 2 rings (SSSR count). The molecule has 0 heterocycles. The van der Waals surface area contributed by atoms with Gasteiger partial charge in [0.05, 0.1) is 15.9 Å². The smallest absolute Gasteiger partial charge is 0.428 e. The van der Waals surface area contributed by atoms with Gasteiger partial charge in [-0.2, -0.15) is 0 Å². The van der Waals surface area contributed by atoms with Crippen LogP contribution < -0.4 is 0 Å². The van der Waals surface area contributed by atoms with Gasteiger partial charge in [-0.1, -0.05) is 6.07 Å². The SMILES string of the molecule is N#[N+]c1cc(S(=O)(=O)Cl)c2ccc(S(=O)(=O)Cl)cc2c1O. The minimum atomic E-state index is -4.22. The summed E-state index contributed by atoms with van der Waals surface area (Å²) in [6, 6.07) is 3.99. The van der Waals surface area contributed by atoms with E-state index in [-0.39, 0.29) is 15.7 Å². The molecule has 0 aliphatic heterocycles. The second-order valence-electron chi connectivity index (χ2n) is 3.93. The summed E-state index contributed by atoms with van der Waals surface area (Å²) in [5.74, 6) is -0.612. The van der Waals surface area contributed by atoms with E-state index >= 15 is 0 Å². The van der Waals surface area contributed by atoms with E-state index < -0.39 is 34.4 Å². The molecule has 21 heavy (non-hydrogen) atoms. The lowest BCUT2D eigenvalue weighted by molar-refractivity contribution is 0.484. The fourth-order valence-electron chi connectivity index (χ4n) is 1.77. The molecule has 7 nitrogen and oxygen atoms in total. The van der Waals surface area contributed by atoms with Crippen molar-refractivity contribution >= 4 is 55.9 Å². The predicted octanol–water partition coefficient (Wildman–Crippen LogP) is 2.88. The van der Waals surface area contributed by atoms with Gasteiger partial charge in [0.25, 0.3) is 18.1 Å². The van der Waals surface area contributed by atoms with Gasteiger partial charge in [-0.3, -0.25) is 0 Å². The lowest BCUT2D eigenvalue weighted by atomic mass is 10.1. The van der Waals surface area contributed by atoms with Gasteiger partial charge in [0.2, 0.25) is 11.1 Å². The van der Waals surface area contributed by atoms with Gasteiger partial charge in [-0.25, -0.2) is 16.8 Å². The molecule has 0 unspecified atom stereocenters. The van der Waals surface area contributed by atoms with E-state index in [4.69, 9.17) is 26.8 Å². The Balaban J connectivity index is 3.06. The van der Waals surface area contributed by atoms with Crippen molar-refractivity contribution < 1.29 is 21.9 Å². The van der Waals surface area contributed by atoms with Gasteiger partial charge in [0.1, 0.15) is 0 Å². The molecular weight excluding hydrogens is 363 g/mol. The first-order valence-corrected chi connectivity index (χ1v) is 9.71. The van der Waals surface area contributed by atoms with Crippen molar-refractivity contribution in [3.8, 4) is 5.75 Å². The Kier molecular flexibility index (Phi) is 3.75. The topological polar surface area (TPSA) is 117 Å². The normalized spacial score (nSPS) is 12.2. The van der Waals surface area contributed by atoms with E-state index in [2.05, 4.69) is 4.98 Å². The van der Waals surface area contributed by atoms with Crippen LogP contribution in [0.5, 0.6) is 5.75 Å². The molecular formula is C10H5Cl2N2O5S2+. The van der Waals surface area contributed by atoms with Crippen molar-refractivity contribution in [1.29, 1.82) is 5.39 Å². The molecule has 0 aliphatic rings. The Hall–Kier alpha value is -1.60. The number of fused-ring (bicyclic) bond motifs is 1. The van der Waals surface area contributed by atoms with Gasteiger partial charge in [-0.15, -0.1) is 0 Å². The molecule has 0 bridgehead atoms. The first-order valence-electron chi connectivity index (χ1n) is 5.10. The van der Waals surface area contributed by atoms with E-state index in [1.807, 2.05) is 0 Å². The minimum Gasteiger partial charge on any atom is -0.501 e. The Bertz CT molecular complexity index is 1010. The van der Waals surface area contributed by atoms with Gasteiger partial charge in [0, 0.05) is 32.1 Å². The number of aromatic hydroxyl groups is 1. The highest BCUT2D eigenvalue weighted by Crippen LogP contribution is 2.41. The van der Waals surface area contributed by atoms with E-state index in [0.717, 1.165) is 24.3 Å². The average molecular weight is 368 g/mol. The van der Waals surface area contributed by atoms with Crippen LogP contribution in [0.2, 0.25) is 0 Å². The number of halogens is 2. The Labute approximate surface area is 128 Å². The van der Waals surface area contributed by atoms with Crippen LogP contribution in [-0.2, 0) is 18.1 Å². The van der Waals surface area contributed by atoms with Crippen LogP contribution in [-0.4, -0.2) is 21.9 Å². The fourth-order valence-corrected chi connectivity index (χ4v) is 3.63. The number of rotatable bonds is 2. The molecule has 0 aliphatic carbocycles. The number of hydrogen-bond acceptors (Lipinski definition) is 6. The highest BCUT2D eigenvalue weighted by atomic mass is 35.7. The van der Waals surface area contributed by atoms with Crippen LogP contribution in [0.4, 0.5) is 5.69 Å². The highest BCUT2D eigenvalue weighted by molar-refractivity contribution is 8.14. The third-order valence-corrected chi connectivity index (χ3v) is 5.39. The van der Waals surface area contributed by atoms with Crippen LogP contribution in [0, 0.1) is 5.39 Å². The summed E-state index contributed by atoms with van der Waals surface area (Å²) in [6.45, 7) is 0. The fraction of sp³-hybridized carbons (Fsp3) is 0. The van der Waals surface area contributed by atoms with Gasteiger partial charge >= 0.3 is 5.69 Å². The first-order chi connectivity index (χ1) is 9.55. The summed E-state index contributed by atoms with van der Waals surface area (Å²) in [6.07, 6.45) is 0. The standard InChI is InChI=1S/C10H4Cl2N2O5S2/c11-20(16,17)5-1-2-6-7(3-5)10(15)8(14-13)4-9(6)21(12,18)19/h1-4H/p+1. The summed E-state index contributed by atoms with van der Waals surface area (Å²) in [5.41, 5.74) is -0.481. The molecule has 0 fully saturated rings. The molecule has 0 aromatic heterocycles. The number of phenolic OH excluding ortho intramolecular Hbond substituents is 1. The molecule has 0 atom stereocenters. The molecule has 1 N–H and O–H groups in total. The van der Waals surface area contributed by atoms with Crippen molar-refractivity contribution in [3.63, 3.8) is 0 Å². The van der Waals surface area contributed by atoms with Crippen molar-refractivity contribution in [2.24, 2.45) is 0 Å². The quantitative estimate of drug-likeness (QED) is 0.643. The lowest BCUT2D eigenvalue weighted by Gasteiger charge is -2.05. The van der Waals surface area contributed by atoms with E-state index in [1.54, 1.807) is 0 Å². The summed E-state index contributed by atoms with van der Waals surface area (Å²) in [4.78, 5) is 1.93. The summed E-state index contributed by atoms with van der Waals surface area (Å²) < 4.78 is 45.6. The van der Waals surface area contributed by atoms with Gasteiger partial charge < -0.3 is 5.11 Å². The van der Waals surface area contributed by atoms with Crippen molar-refractivity contribution in [2.75, 3.05) is 0 Å². The molecule has 2 aromatic rings. The maximum atomic E-state index is 11.5. The maximum Gasteiger partial charge on any atom is 0.428 e. The number of benzene rings is 2. The molecule has 2 aromatic carbocycles. The van der Waals surface area contributed by atoms with Crippen LogP contribution in [0.25, 0.3) is 15.7 Å². The minimum absolute atomic E-state index is 0.0426. The predicted molar refractivity (Wildman–Crippen MR) is 76.4 cm³/mol. The molecule has 11 heteroatoms. The summed E-state index contributed by atoms with van der Waals surface area (Å²) >= 11 is 0. The molecule has 110 valence electrons. The van der Waals surface area contributed by atoms with Crippen molar-refractivity contribution in [3.05, 3.63) is 29.2 Å². The lowest BCUT2D eigenvalue weighted by Crippen LogP contribution is -1.95. The molecule has 0 saturated carbocycles. The van der Waals surface area contributed by atoms with Crippen molar-refractivity contribution in [1.82, 2.24) is 0 Å². The average Bonchev–Trinajstić information content (AvgIpc) is 2.36. The number of diazo groups is 1. The zero-order valence-electron chi connectivity index (χ0n) is 9.86. The van der Waals surface area contributed by atoms with E-state index in [0.29, 0.717) is 0 Å². The molecule has 0 saturated heterocycles. The van der Waals surface area contributed by atoms with Crippen molar-refractivity contribution in [2.45, 2.75) is 9.79 Å². The Morgan fingerprint density at radius 1 is 1.00 bits per heavy atom. The summed E-state index contributed by atoms with van der Waals surface area (Å²) in [7, 11) is 2.15. The third kappa shape index (κ3) is 2.89. The second-order valence-corrected chi connectivity index (χ2v) is 9.03. The van der Waals surface area contributed by atoms with Crippen LogP contribution in [0.3, 0.4) is 0 Å². The third-order valence-electron chi connectivity index (χ3n) is 2.67. The highest BCUT2D eigenvalue weighted by Gasteiger charge is 2.26. The van der Waals surface area contributed by atoms with Crippen LogP contribution in [0.15, 0.2) is 34.1 Å². The molecule has 0 amide bonds. The van der Waals surface area contributed by atoms with Crippen LogP contribution in [0.1, 0.15) is 0 Å². The van der Waals surface area contributed by atoms with Crippen LogP contribution >= 0.6 is 21.4 Å². The molecule has 0 radical (unpaired) electrons. The second kappa shape index (κ2) is 4.99. The maximum absolute atomic E-state index is 11.5. The van der Waals surface area contributed by atoms with Gasteiger partial charge in [0.15, 0.2) is 4.98 Å². The van der Waals surface area contributed by atoms with Gasteiger partial charge in [-0.05, 0) is 12.1 Å².